The Hall–Kier alpha value is -2.07. The molecule has 0 aliphatic rings. The van der Waals surface area contributed by atoms with Crippen LogP contribution >= 0.6 is 0 Å². The van der Waals surface area contributed by atoms with E-state index in [1.165, 1.54) is 24.3 Å². The molecule has 0 spiro atoms. The number of hydrogen-bond donors (Lipinski definition) is 1. The first kappa shape index (κ1) is 15.3. The smallest absolute Gasteiger partial charge is 0.376 e. The third kappa shape index (κ3) is 2.72. The average Bonchev–Trinajstić information content (AvgIpc) is 2.48. The van der Waals surface area contributed by atoms with Crippen molar-refractivity contribution in [2.24, 2.45) is 0 Å². The highest BCUT2D eigenvalue weighted by molar-refractivity contribution is 5.35. The summed E-state index contributed by atoms with van der Waals surface area (Å²) in [4.78, 5) is 0. The molecule has 0 bridgehead atoms. The van der Waals surface area contributed by atoms with Crippen LogP contribution in [-0.2, 0) is 5.60 Å². The van der Waals surface area contributed by atoms with Crippen molar-refractivity contribution in [1.82, 2.24) is 0 Å². The Morgan fingerprint density at radius 2 is 1.38 bits per heavy atom. The first-order valence-corrected chi connectivity index (χ1v) is 6.43. The van der Waals surface area contributed by atoms with E-state index in [0.717, 1.165) is 6.08 Å². The standard InChI is InChI=1S/C17H15F3O/c1-2-15(13-9-5-3-6-10-13)16(21,17(18,19)20)14-11-7-4-8-12-14/h2-12,15,21H,1H2/t15-,16+/m1/s1. The quantitative estimate of drug-likeness (QED) is 0.828. The topological polar surface area (TPSA) is 20.2 Å². The van der Waals surface area contributed by atoms with Crippen LogP contribution in [0, 0.1) is 0 Å². The number of hydrogen-bond acceptors (Lipinski definition) is 1. The van der Waals surface area contributed by atoms with Gasteiger partial charge in [0.2, 0.25) is 0 Å². The Kier molecular flexibility index (Phi) is 4.19. The first-order chi connectivity index (χ1) is 9.91. The molecule has 4 heteroatoms. The molecule has 0 fully saturated rings. The third-order valence-corrected chi connectivity index (χ3v) is 3.49. The van der Waals surface area contributed by atoms with E-state index in [1.807, 2.05) is 0 Å². The maximum atomic E-state index is 13.6. The van der Waals surface area contributed by atoms with Crippen LogP contribution in [-0.4, -0.2) is 11.3 Å². The van der Waals surface area contributed by atoms with Crippen molar-refractivity contribution >= 4 is 0 Å². The van der Waals surface area contributed by atoms with Gasteiger partial charge in [-0.15, -0.1) is 6.58 Å². The fourth-order valence-electron chi connectivity index (χ4n) is 2.42. The van der Waals surface area contributed by atoms with Crippen molar-refractivity contribution in [3.8, 4) is 0 Å². The molecule has 1 N–H and O–H groups in total. The van der Waals surface area contributed by atoms with Gasteiger partial charge in [0.05, 0.1) is 0 Å². The van der Waals surface area contributed by atoms with Crippen LogP contribution in [0.2, 0.25) is 0 Å². The average molecular weight is 292 g/mol. The van der Waals surface area contributed by atoms with Gasteiger partial charge in [-0.05, 0) is 11.1 Å². The van der Waals surface area contributed by atoms with Crippen LogP contribution in [0.4, 0.5) is 13.2 Å². The normalized spacial score (nSPS) is 16.0. The zero-order valence-electron chi connectivity index (χ0n) is 11.2. The second-order valence-corrected chi connectivity index (χ2v) is 4.75. The van der Waals surface area contributed by atoms with Gasteiger partial charge in [0.15, 0.2) is 5.60 Å². The molecule has 0 aliphatic carbocycles. The summed E-state index contributed by atoms with van der Waals surface area (Å²) in [7, 11) is 0. The molecule has 0 unspecified atom stereocenters. The van der Waals surface area contributed by atoms with Crippen molar-refractivity contribution in [3.63, 3.8) is 0 Å². The lowest BCUT2D eigenvalue weighted by atomic mass is 9.76. The second-order valence-electron chi connectivity index (χ2n) is 4.75. The fourth-order valence-corrected chi connectivity index (χ4v) is 2.42. The van der Waals surface area contributed by atoms with Gasteiger partial charge in [-0.3, -0.25) is 0 Å². The Balaban J connectivity index is 2.63. The van der Waals surface area contributed by atoms with E-state index in [4.69, 9.17) is 0 Å². The van der Waals surface area contributed by atoms with E-state index in [0.29, 0.717) is 5.56 Å². The fraction of sp³-hybridized carbons (Fsp3) is 0.176. The molecule has 1 nitrogen and oxygen atoms in total. The molecule has 2 aromatic carbocycles. The van der Waals surface area contributed by atoms with Crippen molar-refractivity contribution in [2.45, 2.75) is 17.7 Å². The summed E-state index contributed by atoms with van der Waals surface area (Å²) in [6, 6.07) is 15.2. The summed E-state index contributed by atoms with van der Waals surface area (Å²) in [5.41, 5.74) is -2.86. The van der Waals surface area contributed by atoms with Gasteiger partial charge in [0, 0.05) is 5.92 Å². The minimum atomic E-state index is -4.83. The predicted molar refractivity (Wildman–Crippen MR) is 75.8 cm³/mol. The summed E-state index contributed by atoms with van der Waals surface area (Å²) in [6.07, 6.45) is -3.70. The molecule has 0 radical (unpaired) electrons. The zero-order valence-corrected chi connectivity index (χ0v) is 11.2. The first-order valence-electron chi connectivity index (χ1n) is 6.43. The van der Waals surface area contributed by atoms with Crippen molar-refractivity contribution in [2.75, 3.05) is 0 Å². The van der Waals surface area contributed by atoms with Gasteiger partial charge in [0.1, 0.15) is 0 Å². The van der Waals surface area contributed by atoms with Crippen molar-refractivity contribution in [3.05, 3.63) is 84.4 Å². The maximum Gasteiger partial charge on any atom is 0.422 e. The highest BCUT2D eigenvalue weighted by Gasteiger charge is 2.59. The molecule has 2 aromatic rings. The summed E-state index contributed by atoms with van der Waals surface area (Å²) in [5, 5.41) is 10.5. The van der Waals surface area contributed by atoms with Crippen LogP contribution in [0.1, 0.15) is 17.0 Å². The molecule has 0 saturated heterocycles. The summed E-state index contributed by atoms with van der Waals surface area (Å²) in [5.74, 6) is -1.29. The molecular formula is C17H15F3O. The van der Waals surface area contributed by atoms with Gasteiger partial charge in [0.25, 0.3) is 0 Å². The summed E-state index contributed by atoms with van der Waals surface area (Å²) >= 11 is 0. The minimum Gasteiger partial charge on any atom is -0.376 e. The van der Waals surface area contributed by atoms with Crippen molar-refractivity contribution < 1.29 is 18.3 Å². The molecule has 2 rings (SSSR count). The maximum absolute atomic E-state index is 13.6. The zero-order chi connectivity index (χ0) is 15.5. The van der Waals surface area contributed by atoms with Crippen LogP contribution in [0.3, 0.4) is 0 Å². The van der Waals surface area contributed by atoms with E-state index in [-0.39, 0.29) is 5.56 Å². The number of benzene rings is 2. The lowest BCUT2D eigenvalue weighted by Crippen LogP contribution is -2.46. The lowest BCUT2D eigenvalue weighted by Gasteiger charge is -2.37. The van der Waals surface area contributed by atoms with Crippen LogP contribution in [0.25, 0.3) is 0 Å². The van der Waals surface area contributed by atoms with Crippen LogP contribution in [0.5, 0.6) is 0 Å². The molecule has 0 aromatic heterocycles. The van der Waals surface area contributed by atoms with Gasteiger partial charge >= 0.3 is 6.18 Å². The summed E-state index contributed by atoms with van der Waals surface area (Å²) < 4.78 is 40.8. The monoisotopic (exact) mass is 292 g/mol. The second kappa shape index (κ2) is 5.74. The lowest BCUT2D eigenvalue weighted by molar-refractivity contribution is -0.271. The van der Waals surface area contributed by atoms with E-state index in [1.54, 1.807) is 36.4 Å². The van der Waals surface area contributed by atoms with Gasteiger partial charge in [-0.1, -0.05) is 66.7 Å². The van der Waals surface area contributed by atoms with Gasteiger partial charge < -0.3 is 5.11 Å². The van der Waals surface area contributed by atoms with Crippen LogP contribution in [0.15, 0.2) is 73.3 Å². The third-order valence-electron chi connectivity index (χ3n) is 3.49. The number of rotatable bonds is 4. The molecule has 0 heterocycles. The largest absolute Gasteiger partial charge is 0.422 e. The highest BCUT2D eigenvalue weighted by Crippen LogP contribution is 2.49. The predicted octanol–water partition coefficient (Wildman–Crippen LogP) is 4.41. The SMILES string of the molecule is C=C[C@H](c1ccccc1)[C@@](O)(c1ccccc1)C(F)(F)F. The summed E-state index contributed by atoms with van der Waals surface area (Å²) in [6.45, 7) is 3.48. The molecule has 110 valence electrons. The Morgan fingerprint density at radius 1 is 0.905 bits per heavy atom. The molecule has 0 aliphatic heterocycles. The van der Waals surface area contributed by atoms with Gasteiger partial charge in [-0.25, -0.2) is 0 Å². The Morgan fingerprint density at radius 3 is 1.81 bits per heavy atom. The highest BCUT2D eigenvalue weighted by atomic mass is 19.4. The number of halogens is 3. The number of alkyl halides is 3. The molecule has 0 amide bonds. The van der Waals surface area contributed by atoms with E-state index >= 15 is 0 Å². The molecule has 2 atom stereocenters. The van der Waals surface area contributed by atoms with E-state index in [9.17, 15) is 18.3 Å². The number of aliphatic hydroxyl groups is 1. The molecule has 0 saturated carbocycles. The molecular weight excluding hydrogens is 277 g/mol. The Bertz CT molecular complexity index is 592. The van der Waals surface area contributed by atoms with Crippen molar-refractivity contribution in [1.29, 1.82) is 0 Å². The Labute approximate surface area is 121 Å². The van der Waals surface area contributed by atoms with Gasteiger partial charge in [-0.2, -0.15) is 13.2 Å². The van der Waals surface area contributed by atoms with Crippen LogP contribution < -0.4 is 0 Å². The molecule has 21 heavy (non-hydrogen) atoms. The minimum absolute atomic E-state index is 0.203. The van der Waals surface area contributed by atoms with E-state index < -0.39 is 17.7 Å². The van der Waals surface area contributed by atoms with E-state index in [2.05, 4.69) is 6.58 Å².